The monoisotopic (exact) mass is 355 g/mol. The smallest absolute Gasteiger partial charge is 0.272 e. The van der Waals surface area contributed by atoms with E-state index in [4.69, 9.17) is 0 Å². The fourth-order valence-electron chi connectivity index (χ4n) is 3.45. The molecule has 7 heteroatoms. The van der Waals surface area contributed by atoms with E-state index < -0.39 is 0 Å². The summed E-state index contributed by atoms with van der Waals surface area (Å²) in [5.41, 5.74) is 1.29. The van der Waals surface area contributed by atoms with Gasteiger partial charge >= 0.3 is 0 Å². The van der Waals surface area contributed by atoms with E-state index in [2.05, 4.69) is 25.3 Å². The summed E-state index contributed by atoms with van der Waals surface area (Å²) in [6.45, 7) is 4.52. The maximum absolute atomic E-state index is 13.1. The summed E-state index contributed by atoms with van der Waals surface area (Å²) >= 11 is 0. The van der Waals surface area contributed by atoms with Crippen molar-refractivity contribution in [3.63, 3.8) is 0 Å². The molecule has 26 heavy (non-hydrogen) atoms. The maximum atomic E-state index is 13.1. The van der Waals surface area contributed by atoms with Crippen LogP contribution in [-0.4, -0.2) is 59.3 Å². The van der Waals surface area contributed by atoms with Crippen molar-refractivity contribution in [2.45, 2.75) is 18.4 Å². The molecule has 136 valence electrons. The van der Waals surface area contributed by atoms with Crippen LogP contribution < -0.4 is 10.2 Å². The minimum Gasteiger partial charge on any atom is -0.369 e. The molecule has 1 saturated heterocycles. The van der Waals surface area contributed by atoms with E-state index in [1.807, 2.05) is 12.1 Å². The van der Waals surface area contributed by atoms with Gasteiger partial charge in [0.05, 0.1) is 5.54 Å². The lowest BCUT2D eigenvalue weighted by atomic mass is 10.2. The average molecular weight is 355 g/mol. The van der Waals surface area contributed by atoms with Crippen molar-refractivity contribution in [1.82, 2.24) is 20.4 Å². The SMILES string of the molecule is O=C(NC1(CN2CCN(c3ccc(F)cc3)CC2)CC1)c1cccnn1. The fourth-order valence-corrected chi connectivity index (χ4v) is 3.45. The zero-order valence-corrected chi connectivity index (χ0v) is 14.6. The number of piperazine rings is 1. The van der Waals surface area contributed by atoms with Crippen molar-refractivity contribution in [2.24, 2.45) is 0 Å². The molecule has 1 saturated carbocycles. The lowest BCUT2D eigenvalue weighted by molar-refractivity contribution is 0.0908. The van der Waals surface area contributed by atoms with Gasteiger partial charge in [-0.05, 0) is 49.2 Å². The van der Waals surface area contributed by atoms with Crippen molar-refractivity contribution in [1.29, 1.82) is 0 Å². The van der Waals surface area contributed by atoms with E-state index in [1.165, 1.54) is 12.1 Å². The minimum absolute atomic E-state index is 0.132. The Morgan fingerprint density at radius 1 is 1.12 bits per heavy atom. The number of amides is 1. The van der Waals surface area contributed by atoms with Gasteiger partial charge in [-0.25, -0.2) is 4.39 Å². The summed E-state index contributed by atoms with van der Waals surface area (Å²) in [4.78, 5) is 17.0. The normalized spacial score (nSPS) is 19.2. The summed E-state index contributed by atoms with van der Waals surface area (Å²) in [5.74, 6) is -0.359. The molecule has 0 unspecified atom stereocenters. The summed E-state index contributed by atoms with van der Waals surface area (Å²) in [6, 6.07) is 10.1. The molecule has 2 aliphatic rings. The van der Waals surface area contributed by atoms with Crippen LogP contribution in [0.25, 0.3) is 0 Å². The zero-order chi connectivity index (χ0) is 18.0. The van der Waals surface area contributed by atoms with Gasteiger partial charge in [0.15, 0.2) is 5.69 Å². The third-order valence-corrected chi connectivity index (χ3v) is 5.13. The topological polar surface area (TPSA) is 61.4 Å². The third kappa shape index (κ3) is 3.83. The Kier molecular flexibility index (Phi) is 4.55. The molecule has 0 bridgehead atoms. The maximum Gasteiger partial charge on any atom is 0.272 e. The Morgan fingerprint density at radius 3 is 2.46 bits per heavy atom. The number of nitrogens with one attached hydrogen (secondary N) is 1. The lowest BCUT2D eigenvalue weighted by Gasteiger charge is -2.38. The average Bonchev–Trinajstić information content (AvgIpc) is 3.43. The summed E-state index contributed by atoms with van der Waals surface area (Å²) < 4.78 is 13.1. The van der Waals surface area contributed by atoms with Gasteiger partial charge in [0.25, 0.3) is 5.91 Å². The summed E-state index contributed by atoms with van der Waals surface area (Å²) in [7, 11) is 0. The van der Waals surface area contributed by atoms with Gasteiger partial charge in [0.1, 0.15) is 5.82 Å². The molecular formula is C19H22FN5O. The number of benzene rings is 1. The van der Waals surface area contributed by atoms with Crippen LogP contribution in [0.4, 0.5) is 10.1 Å². The second-order valence-corrected chi connectivity index (χ2v) is 7.08. The molecule has 0 spiro atoms. The van der Waals surface area contributed by atoms with E-state index in [9.17, 15) is 9.18 Å². The highest BCUT2D eigenvalue weighted by atomic mass is 19.1. The first-order valence-electron chi connectivity index (χ1n) is 8.97. The highest BCUT2D eigenvalue weighted by Crippen LogP contribution is 2.36. The van der Waals surface area contributed by atoms with Gasteiger partial charge in [-0.3, -0.25) is 9.69 Å². The molecule has 2 fully saturated rings. The first-order chi connectivity index (χ1) is 12.6. The first-order valence-corrected chi connectivity index (χ1v) is 8.97. The van der Waals surface area contributed by atoms with Crippen molar-refractivity contribution in [3.8, 4) is 0 Å². The number of nitrogens with zero attached hydrogens (tertiary/aromatic N) is 4. The van der Waals surface area contributed by atoms with Crippen LogP contribution in [0.1, 0.15) is 23.3 Å². The van der Waals surface area contributed by atoms with Crippen LogP contribution in [0.2, 0.25) is 0 Å². The molecule has 2 aromatic rings. The molecule has 2 heterocycles. The Bertz CT molecular complexity index is 755. The quantitative estimate of drug-likeness (QED) is 0.885. The van der Waals surface area contributed by atoms with Crippen molar-refractivity contribution in [3.05, 3.63) is 54.1 Å². The molecule has 6 nitrogen and oxygen atoms in total. The molecule has 1 amide bonds. The number of rotatable bonds is 5. The van der Waals surface area contributed by atoms with Crippen LogP contribution in [0, 0.1) is 5.82 Å². The predicted molar refractivity (Wildman–Crippen MR) is 96.5 cm³/mol. The third-order valence-electron chi connectivity index (χ3n) is 5.13. The van der Waals surface area contributed by atoms with Crippen LogP contribution in [-0.2, 0) is 0 Å². The standard InChI is InChI=1S/C19H22FN5O/c20-15-3-5-16(6-4-15)25-12-10-24(11-13-25)14-19(7-8-19)22-18(26)17-2-1-9-21-23-17/h1-6,9H,7-8,10-14H2,(H,22,26). The number of anilines is 1. The number of hydrogen-bond acceptors (Lipinski definition) is 5. The van der Waals surface area contributed by atoms with Gasteiger partial charge < -0.3 is 10.2 Å². The second kappa shape index (κ2) is 6.99. The van der Waals surface area contributed by atoms with Crippen molar-refractivity contribution < 1.29 is 9.18 Å². The van der Waals surface area contributed by atoms with E-state index >= 15 is 0 Å². The van der Waals surface area contributed by atoms with Crippen molar-refractivity contribution in [2.75, 3.05) is 37.6 Å². The van der Waals surface area contributed by atoms with E-state index in [1.54, 1.807) is 18.3 Å². The van der Waals surface area contributed by atoms with Crippen LogP contribution >= 0.6 is 0 Å². The largest absolute Gasteiger partial charge is 0.369 e. The van der Waals surface area contributed by atoms with Crippen LogP contribution in [0.3, 0.4) is 0 Å². The molecule has 1 N–H and O–H groups in total. The first kappa shape index (κ1) is 16.9. The molecule has 1 aliphatic carbocycles. The Labute approximate surface area is 152 Å². The Morgan fingerprint density at radius 2 is 1.85 bits per heavy atom. The van der Waals surface area contributed by atoms with Crippen molar-refractivity contribution >= 4 is 11.6 Å². The number of aromatic nitrogens is 2. The molecule has 4 rings (SSSR count). The molecule has 1 aromatic heterocycles. The number of hydrogen-bond donors (Lipinski definition) is 1. The molecule has 1 aliphatic heterocycles. The highest BCUT2D eigenvalue weighted by molar-refractivity contribution is 5.92. The fraction of sp³-hybridized carbons (Fsp3) is 0.421. The van der Waals surface area contributed by atoms with Crippen LogP contribution in [0.15, 0.2) is 42.6 Å². The Hall–Kier alpha value is -2.54. The van der Waals surface area contributed by atoms with Crippen LogP contribution in [0.5, 0.6) is 0 Å². The Balaban J connectivity index is 1.30. The van der Waals surface area contributed by atoms with Gasteiger partial charge in [0, 0.05) is 44.6 Å². The van der Waals surface area contributed by atoms with Gasteiger partial charge in [0.2, 0.25) is 0 Å². The summed E-state index contributed by atoms with van der Waals surface area (Å²) in [6.07, 6.45) is 3.55. The number of carbonyl (C=O) groups excluding carboxylic acids is 1. The van der Waals surface area contributed by atoms with E-state index in [0.29, 0.717) is 5.69 Å². The van der Waals surface area contributed by atoms with Gasteiger partial charge in [-0.1, -0.05) is 0 Å². The molecule has 0 atom stereocenters. The van der Waals surface area contributed by atoms with E-state index in [-0.39, 0.29) is 17.3 Å². The molecule has 0 radical (unpaired) electrons. The number of carbonyl (C=O) groups is 1. The second-order valence-electron chi connectivity index (χ2n) is 7.08. The lowest BCUT2D eigenvalue weighted by Crippen LogP contribution is -2.52. The summed E-state index contributed by atoms with van der Waals surface area (Å²) in [5, 5.41) is 10.8. The number of halogens is 1. The molecule has 1 aromatic carbocycles. The predicted octanol–water partition coefficient (Wildman–Crippen LogP) is 1.70. The van der Waals surface area contributed by atoms with E-state index in [0.717, 1.165) is 51.3 Å². The highest BCUT2D eigenvalue weighted by Gasteiger charge is 2.45. The molecular weight excluding hydrogens is 333 g/mol. The zero-order valence-electron chi connectivity index (χ0n) is 14.6. The van der Waals surface area contributed by atoms with Gasteiger partial charge in [-0.2, -0.15) is 5.10 Å². The minimum atomic E-state index is -0.207. The van der Waals surface area contributed by atoms with Gasteiger partial charge in [-0.15, -0.1) is 5.10 Å².